The van der Waals surface area contributed by atoms with Gasteiger partial charge in [-0.2, -0.15) is 0 Å². The van der Waals surface area contributed by atoms with E-state index in [4.69, 9.17) is 0 Å². The molecule has 0 saturated carbocycles. The molecule has 0 aliphatic heterocycles. The summed E-state index contributed by atoms with van der Waals surface area (Å²) in [6.45, 7) is 6.75. The second-order valence-corrected chi connectivity index (χ2v) is 8.12. The molecule has 1 aromatic heterocycles. The maximum Gasteiger partial charge on any atom is 0.107 e. The van der Waals surface area contributed by atoms with Gasteiger partial charge in [-0.05, 0) is 22.1 Å². The highest BCUT2D eigenvalue weighted by Crippen LogP contribution is 2.21. The van der Waals surface area contributed by atoms with Gasteiger partial charge in [0.05, 0.1) is 0 Å². The second kappa shape index (κ2) is 2.99. The Kier molecular flexibility index (Phi) is 2.39. The van der Waals surface area contributed by atoms with Gasteiger partial charge in [-0.25, -0.2) is 0 Å². The molecular formula is C8H13NSi2. The van der Waals surface area contributed by atoms with E-state index in [0.29, 0.717) is 0 Å². The molecule has 0 spiro atoms. The molecule has 11 heavy (non-hydrogen) atoms. The summed E-state index contributed by atoms with van der Waals surface area (Å²) in [5, 5.41) is 1.38. The van der Waals surface area contributed by atoms with Gasteiger partial charge in [-0.1, -0.05) is 20.4 Å². The van der Waals surface area contributed by atoms with Gasteiger partial charge in [0, 0.05) is 16.4 Å². The van der Waals surface area contributed by atoms with Crippen molar-refractivity contribution in [2.75, 3.05) is 0 Å². The Morgan fingerprint density at radius 2 is 2.18 bits per heavy atom. The largest absolute Gasteiger partial charge is 0.369 e. The van der Waals surface area contributed by atoms with Crippen LogP contribution in [-0.2, 0) is 0 Å². The van der Waals surface area contributed by atoms with E-state index in [0.717, 1.165) is 0 Å². The number of H-pyrrole nitrogens is 1. The summed E-state index contributed by atoms with van der Waals surface area (Å²) in [4.78, 5) is 3.26. The number of hydrogen-bond acceptors (Lipinski definition) is 0. The molecular weight excluding hydrogens is 166 g/mol. The van der Waals surface area contributed by atoms with Crippen LogP contribution in [-0.4, -0.2) is 24.0 Å². The Hall–Kier alpha value is -0.286. The molecule has 1 N–H and O–H groups in total. The molecule has 0 atom stereocenters. The smallest absolute Gasteiger partial charge is 0.107 e. The van der Waals surface area contributed by atoms with Crippen molar-refractivity contribution in [3.63, 3.8) is 0 Å². The van der Waals surface area contributed by atoms with Gasteiger partial charge in [0.2, 0.25) is 0 Å². The molecule has 4 radical (unpaired) electrons. The summed E-state index contributed by atoms with van der Waals surface area (Å²) in [6.07, 6.45) is 1.99. The first-order chi connectivity index (χ1) is 5.02. The van der Waals surface area contributed by atoms with Crippen LogP contribution in [0.15, 0.2) is 18.3 Å². The highest BCUT2D eigenvalue weighted by molar-refractivity contribution is 6.79. The molecule has 58 valence electrons. The molecule has 0 aliphatic carbocycles. The zero-order valence-electron chi connectivity index (χ0n) is 7.23. The number of rotatable bonds is 2. The van der Waals surface area contributed by atoms with Crippen molar-refractivity contribution >= 4 is 24.4 Å². The van der Waals surface area contributed by atoms with Crippen LogP contribution in [0.2, 0.25) is 11.2 Å². The van der Waals surface area contributed by atoms with Crippen LogP contribution < -0.4 is 5.32 Å². The minimum atomic E-state index is -0.482. The molecule has 0 unspecified atom stereocenters. The zero-order chi connectivity index (χ0) is 8.48. The van der Waals surface area contributed by atoms with E-state index in [2.05, 4.69) is 47.8 Å². The van der Waals surface area contributed by atoms with Gasteiger partial charge in [0.25, 0.3) is 0 Å². The van der Waals surface area contributed by atoms with Crippen molar-refractivity contribution in [2.45, 2.75) is 25.1 Å². The van der Waals surface area contributed by atoms with Crippen LogP contribution in [0.5, 0.6) is 0 Å². The summed E-state index contributed by atoms with van der Waals surface area (Å²) < 4.78 is 0.259. The quantitative estimate of drug-likeness (QED) is 0.658. The number of hydrogen-bond donors (Lipinski definition) is 1. The van der Waals surface area contributed by atoms with E-state index in [9.17, 15) is 0 Å². The lowest BCUT2D eigenvalue weighted by atomic mass is 10.5. The van der Waals surface area contributed by atoms with Crippen molar-refractivity contribution < 1.29 is 0 Å². The molecule has 0 saturated heterocycles. The fourth-order valence-corrected chi connectivity index (χ4v) is 2.62. The number of aromatic nitrogens is 1. The number of aromatic amines is 1. The van der Waals surface area contributed by atoms with Crippen molar-refractivity contribution in [3.05, 3.63) is 18.3 Å². The molecule has 0 fully saturated rings. The molecule has 0 aromatic carbocycles. The lowest BCUT2D eigenvalue weighted by molar-refractivity contribution is 0.942. The maximum absolute atomic E-state index is 3.74. The van der Waals surface area contributed by atoms with Gasteiger partial charge in [-0.3, -0.25) is 0 Å². The lowest BCUT2D eigenvalue weighted by Crippen LogP contribution is -2.38. The standard InChI is InChI=1S/C8H13NSi2/c1-8(2,10)11(3)7-5-4-6-9-7/h4-6,9H,1-3H3. The highest BCUT2D eigenvalue weighted by Gasteiger charge is 2.24. The molecule has 1 aromatic rings. The third kappa shape index (κ3) is 2.07. The van der Waals surface area contributed by atoms with E-state index in [1.54, 1.807) is 0 Å². The minimum absolute atomic E-state index is 0.259. The Bertz CT molecular complexity index is 210. The van der Waals surface area contributed by atoms with Gasteiger partial charge in [-0.15, -0.1) is 0 Å². The van der Waals surface area contributed by atoms with Gasteiger partial charge < -0.3 is 4.98 Å². The van der Waals surface area contributed by atoms with Crippen LogP contribution >= 0.6 is 0 Å². The van der Waals surface area contributed by atoms with Crippen LogP contribution in [0.4, 0.5) is 0 Å². The Labute approximate surface area is 73.2 Å². The predicted molar refractivity (Wildman–Crippen MR) is 51.8 cm³/mol. The van der Waals surface area contributed by atoms with Crippen molar-refractivity contribution in [1.82, 2.24) is 4.98 Å². The summed E-state index contributed by atoms with van der Waals surface area (Å²) in [6, 6.07) is 4.22. The molecule has 0 aliphatic rings. The third-order valence-corrected chi connectivity index (χ3v) is 6.06. The molecule has 1 heterocycles. The zero-order valence-corrected chi connectivity index (χ0v) is 9.23. The molecule has 0 bridgehead atoms. The fourth-order valence-electron chi connectivity index (χ4n) is 0.900. The van der Waals surface area contributed by atoms with Gasteiger partial charge >= 0.3 is 0 Å². The molecule has 1 nitrogen and oxygen atoms in total. The Morgan fingerprint density at radius 3 is 2.55 bits per heavy atom. The van der Waals surface area contributed by atoms with Gasteiger partial charge in [0.15, 0.2) is 0 Å². The predicted octanol–water partition coefficient (Wildman–Crippen LogP) is 1.25. The van der Waals surface area contributed by atoms with Crippen LogP contribution in [0.25, 0.3) is 0 Å². The molecule has 1 rings (SSSR count). The second-order valence-electron chi connectivity index (χ2n) is 3.33. The topological polar surface area (TPSA) is 15.8 Å². The first-order valence-electron chi connectivity index (χ1n) is 3.74. The van der Waals surface area contributed by atoms with Crippen molar-refractivity contribution in [2.24, 2.45) is 0 Å². The van der Waals surface area contributed by atoms with E-state index in [1.807, 2.05) is 6.20 Å². The highest BCUT2D eigenvalue weighted by atomic mass is 28.3. The average molecular weight is 179 g/mol. The molecule has 0 amide bonds. The van der Waals surface area contributed by atoms with E-state index in [-0.39, 0.29) is 4.66 Å². The maximum atomic E-state index is 3.74. The summed E-state index contributed by atoms with van der Waals surface area (Å²) in [5.74, 6) is 0. The monoisotopic (exact) mass is 179 g/mol. The first-order valence-corrected chi connectivity index (χ1v) is 6.24. The van der Waals surface area contributed by atoms with Crippen LogP contribution in [0.1, 0.15) is 13.8 Å². The van der Waals surface area contributed by atoms with E-state index >= 15 is 0 Å². The van der Waals surface area contributed by atoms with E-state index < -0.39 is 8.80 Å². The van der Waals surface area contributed by atoms with E-state index in [1.165, 1.54) is 5.32 Å². The van der Waals surface area contributed by atoms with Crippen LogP contribution in [0.3, 0.4) is 0 Å². The van der Waals surface area contributed by atoms with Crippen molar-refractivity contribution in [3.8, 4) is 0 Å². The Balaban J connectivity index is 2.78. The third-order valence-electron chi connectivity index (χ3n) is 1.94. The number of nitrogens with one attached hydrogen (secondary N) is 1. The van der Waals surface area contributed by atoms with Gasteiger partial charge in [0.1, 0.15) is 8.80 Å². The SMILES string of the molecule is C[Si](c1ccc[nH]1)C(C)(C)[Si]. The lowest BCUT2D eigenvalue weighted by Gasteiger charge is -2.23. The Morgan fingerprint density at radius 1 is 1.55 bits per heavy atom. The first kappa shape index (κ1) is 8.81. The fraction of sp³-hybridized carbons (Fsp3) is 0.500. The van der Waals surface area contributed by atoms with Crippen LogP contribution in [0, 0.1) is 0 Å². The summed E-state index contributed by atoms with van der Waals surface area (Å²) in [5.41, 5.74) is 0. The summed E-state index contributed by atoms with van der Waals surface area (Å²) in [7, 11) is 3.26. The minimum Gasteiger partial charge on any atom is -0.369 e. The van der Waals surface area contributed by atoms with Crippen molar-refractivity contribution in [1.29, 1.82) is 0 Å². The normalized spacial score (nSPS) is 12.5. The summed E-state index contributed by atoms with van der Waals surface area (Å²) >= 11 is 0. The molecule has 3 heteroatoms. The average Bonchev–Trinajstić information content (AvgIpc) is 2.34.